The Hall–Kier alpha value is -2.19. The Labute approximate surface area is 140 Å². The van der Waals surface area contributed by atoms with Crippen molar-refractivity contribution in [1.82, 2.24) is 14.5 Å². The van der Waals surface area contributed by atoms with E-state index in [1.54, 1.807) is 30.3 Å². The zero-order valence-electron chi connectivity index (χ0n) is 13.4. The van der Waals surface area contributed by atoms with Gasteiger partial charge in [-0.2, -0.15) is 9.40 Å². The highest BCUT2D eigenvalue weighted by molar-refractivity contribution is 7.89. The van der Waals surface area contributed by atoms with Gasteiger partial charge in [-0.3, -0.25) is 9.89 Å². The van der Waals surface area contributed by atoms with Crippen molar-refractivity contribution in [1.29, 1.82) is 0 Å². The van der Waals surface area contributed by atoms with Crippen LogP contribution in [0.5, 0.6) is 0 Å². The van der Waals surface area contributed by atoms with Gasteiger partial charge < -0.3 is 5.73 Å². The fourth-order valence-electron chi connectivity index (χ4n) is 3.28. The lowest BCUT2D eigenvalue weighted by Gasteiger charge is -2.39. The summed E-state index contributed by atoms with van der Waals surface area (Å²) < 4.78 is 27.2. The molecule has 1 aliphatic heterocycles. The van der Waals surface area contributed by atoms with Crippen LogP contribution in [0.4, 0.5) is 0 Å². The molecule has 24 heavy (non-hydrogen) atoms. The lowest BCUT2D eigenvalue weighted by Crippen LogP contribution is -2.47. The van der Waals surface area contributed by atoms with Crippen molar-refractivity contribution in [2.45, 2.75) is 30.1 Å². The van der Waals surface area contributed by atoms with Gasteiger partial charge in [-0.05, 0) is 25.0 Å². The zero-order chi connectivity index (χ0) is 17.4. The second kappa shape index (κ2) is 6.03. The number of aromatic nitrogens is 2. The Balaban J connectivity index is 1.94. The SMILES string of the molecule is C[C@]1(c2[nH]ncc2C(N)=O)CCCN(S(=O)(=O)c2ccccc2)C1. The second-order valence-electron chi connectivity index (χ2n) is 6.34. The van der Waals surface area contributed by atoms with Gasteiger partial charge in [0.05, 0.1) is 22.3 Å². The average Bonchev–Trinajstić information content (AvgIpc) is 3.06. The van der Waals surface area contributed by atoms with Gasteiger partial charge >= 0.3 is 0 Å². The molecule has 2 aromatic rings. The Morgan fingerprint density at radius 1 is 1.33 bits per heavy atom. The van der Waals surface area contributed by atoms with Gasteiger partial charge in [0.25, 0.3) is 5.91 Å². The number of primary amides is 1. The molecule has 0 spiro atoms. The number of hydrogen-bond acceptors (Lipinski definition) is 4. The number of aromatic amines is 1. The molecule has 1 aromatic carbocycles. The summed E-state index contributed by atoms with van der Waals surface area (Å²) in [4.78, 5) is 11.9. The van der Waals surface area contributed by atoms with Crippen molar-refractivity contribution < 1.29 is 13.2 Å². The molecule has 0 unspecified atom stereocenters. The number of carbonyl (C=O) groups is 1. The first-order chi connectivity index (χ1) is 11.3. The highest BCUT2D eigenvalue weighted by Crippen LogP contribution is 2.36. The van der Waals surface area contributed by atoms with Gasteiger partial charge in [0.15, 0.2) is 0 Å². The van der Waals surface area contributed by atoms with Crippen LogP contribution in [0.3, 0.4) is 0 Å². The third-order valence-electron chi connectivity index (χ3n) is 4.55. The molecule has 1 atom stereocenters. The molecule has 0 aliphatic carbocycles. The van der Waals surface area contributed by atoms with Crippen LogP contribution in [0.25, 0.3) is 0 Å². The number of carbonyl (C=O) groups excluding carboxylic acids is 1. The van der Waals surface area contributed by atoms with E-state index < -0.39 is 21.3 Å². The van der Waals surface area contributed by atoms with Crippen molar-refractivity contribution in [2.75, 3.05) is 13.1 Å². The number of H-pyrrole nitrogens is 1. The van der Waals surface area contributed by atoms with Crippen LogP contribution in [0, 0.1) is 0 Å². The first-order valence-electron chi connectivity index (χ1n) is 7.73. The highest BCUT2D eigenvalue weighted by atomic mass is 32.2. The smallest absolute Gasteiger partial charge is 0.252 e. The molecule has 0 saturated carbocycles. The molecule has 8 heteroatoms. The van der Waals surface area contributed by atoms with E-state index in [1.165, 1.54) is 10.5 Å². The summed E-state index contributed by atoms with van der Waals surface area (Å²) in [5.41, 5.74) is 5.78. The molecule has 1 saturated heterocycles. The van der Waals surface area contributed by atoms with Crippen LogP contribution in [0.2, 0.25) is 0 Å². The number of nitrogens with one attached hydrogen (secondary N) is 1. The van der Waals surface area contributed by atoms with Crippen molar-refractivity contribution in [3.63, 3.8) is 0 Å². The minimum Gasteiger partial charge on any atom is -0.365 e. The van der Waals surface area contributed by atoms with Gasteiger partial charge in [-0.1, -0.05) is 25.1 Å². The number of rotatable bonds is 4. The average molecular weight is 348 g/mol. The van der Waals surface area contributed by atoms with Gasteiger partial charge in [0.2, 0.25) is 10.0 Å². The third-order valence-corrected chi connectivity index (χ3v) is 6.41. The monoisotopic (exact) mass is 348 g/mol. The van der Waals surface area contributed by atoms with Crippen molar-refractivity contribution in [3.8, 4) is 0 Å². The minimum absolute atomic E-state index is 0.271. The van der Waals surface area contributed by atoms with Crippen molar-refractivity contribution in [3.05, 3.63) is 47.8 Å². The summed E-state index contributed by atoms with van der Waals surface area (Å²) in [7, 11) is -3.57. The molecule has 1 amide bonds. The number of sulfonamides is 1. The van der Waals surface area contributed by atoms with E-state index in [1.807, 2.05) is 6.92 Å². The summed E-state index contributed by atoms with van der Waals surface area (Å²) >= 11 is 0. The Kier molecular flexibility index (Phi) is 4.18. The summed E-state index contributed by atoms with van der Waals surface area (Å²) in [6.45, 7) is 2.65. The molecule has 0 bridgehead atoms. The van der Waals surface area contributed by atoms with Gasteiger partial charge in [0, 0.05) is 18.5 Å². The number of amides is 1. The van der Waals surface area contributed by atoms with E-state index in [4.69, 9.17) is 5.73 Å². The minimum atomic E-state index is -3.57. The number of hydrogen-bond donors (Lipinski definition) is 2. The Morgan fingerprint density at radius 3 is 2.71 bits per heavy atom. The number of nitrogens with zero attached hydrogens (tertiary/aromatic N) is 2. The molecule has 3 rings (SSSR count). The van der Waals surface area contributed by atoms with Gasteiger partial charge in [0.1, 0.15) is 0 Å². The van der Waals surface area contributed by atoms with Crippen LogP contribution in [0.1, 0.15) is 35.8 Å². The van der Waals surface area contributed by atoms with Crippen LogP contribution in [-0.4, -0.2) is 41.9 Å². The summed E-state index contributed by atoms with van der Waals surface area (Å²) in [5, 5.41) is 6.75. The van der Waals surface area contributed by atoms with E-state index in [2.05, 4.69) is 10.2 Å². The van der Waals surface area contributed by atoms with Gasteiger partial charge in [-0.25, -0.2) is 8.42 Å². The van der Waals surface area contributed by atoms with Gasteiger partial charge in [-0.15, -0.1) is 0 Å². The lowest BCUT2D eigenvalue weighted by atomic mass is 9.78. The number of benzene rings is 1. The first kappa shape index (κ1) is 16.7. The molecule has 128 valence electrons. The van der Waals surface area contributed by atoms with E-state index in [0.29, 0.717) is 24.2 Å². The standard InChI is InChI=1S/C16H20N4O3S/c1-16(14-13(15(17)21)10-18-19-14)8-5-9-20(11-16)24(22,23)12-6-3-2-4-7-12/h2-4,6-7,10H,5,8-9,11H2,1H3,(H2,17,21)(H,18,19)/t16-/m0/s1. The second-order valence-corrected chi connectivity index (χ2v) is 8.28. The molecule has 0 radical (unpaired) electrons. The Morgan fingerprint density at radius 2 is 2.04 bits per heavy atom. The predicted octanol–water partition coefficient (Wildman–Crippen LogP) is 1.25. The molecule has 1 aromatic heterocycles. The number of piperidine rings is 1. The maximum absolute atomic E-state index is 12.9. The van der Waals surface area contributed by atoms with E-state index >= 15 is 0 Å². The molecule has 2 heterocycles. The third kappa shape index (κ3) is 2.83. The van der Waals surface area contributed by atoms with Crippen molar-refractivity contribution in [2.24, 2.45) is 5.73 Å². The molecule has 1 fully saturated rings. The highest BCUT2D eigenvalue weighted by Gasteiger charge is 2.40. The van der Waals surface area contributed by atoms with E-state index in [0.717, 1.165) is 6.42 Å². The summed E-state index contributed by atoms with van der Waals surface area (Å²) in [5.74, 6) is -0.567. The van der Waals surface area contributed by atoms with Crippen molar-refractivity contribution >= 4 is 15.9 Å². The van der Waals surface area contributed by atoms with Crippen LogP contribution >= 0.6 is 0 Å². The summed E-state index contributed by atoms with van der Waals surface area (Å²) in [6, 6.07) is 8.37. The quantitative estimate of drug-likeness (QED) is 0.866. The maximum Gasteiger partial charge on any atom is 0.252 e. The predicted molar refractivity (Wildman–Crippen MR) is 88.9 cm³/mol. The van der Waals surface area contributed by atoms with E-state index in [-0.39, 0.29) is 11.4 Å². The fourth-order valence-corrected chi connectivity index (χ4v) is 4.90. The largest absolute Gasteiger partial charge is 0.365 e. The van der Waals surface area contributed by atoms with E-state index in [9.17, 15) is 13.2 Å². The topological polar surface area (TPSA) is 109 Å². The Bertz CT molecular complexity index is 847. The van der Waals surface area contributed by atoms with Crippen LogP contribution in [-0.2, 0) is 15.4 Å². The maximum atomic E-state index is 12.9. The summed E-state index contributed by atoms with van der Waals surface area (Å²) in [6.07, 6.45) is 2.84. The molecular formula is C16H20N4O3S. The van der Waals surface area contributed by atoms with Crippen LogP contribution in [0.15, 0.2) is 41.4 Å². The lowest BCUT2D eigenvalue weighted by molar-refractivity contribution is 0.0996. The zero-order valence-corrected chi connectivity index (χ0v) is 14.2. The first-order valence-corrected chi connectivity index (χ1v) is 9.17. The fraction of sp³-hybridized carbons (Fsp3) is 0.375. The van der Waals surface area contributed by atoms with Crippen LogP contribution < -0.4 is 5.73 Å². The molecular weight excluding hydrogens is 328 g/mol. The normalized spacial score (nSPS) is 22.4. The molecule has 7 nitrogen and oxygen atoms in total. The molecule has 3 N–H and O–H groups in total. The molecule has 1 aliphatic rings. The number of nitrogens with two attached hydrogens (primary N) is 1.